The summed E-state index contributed by atoms with van der Waals surface area (Å²) >= 11 is 0. The van der Waals surface area contributed by atoms with Gasteiger partial charge in [-0.1, -0.05) is 33.1 Å². The first kappa shape index (κ1) is 25.5. The Morgan fingerprint density at radius 2 is 1.75 bits per heavy atom. The first-order valence-electron chi connectivity index (χ1n) is 11.1. The number of amides is 1. The summed E-state index contributed by atoms with van der Waals surface area (Å²) in [4.78, 5) is 19.3. The number of nitrogens with one attached hydrogen (secondary N) is 2. The van der Waals surface area contributed by atoms with Gasteiger partial charge in [-0.25, -0.2) is 0 Å². The van der Waals surface area contributed by atoms with Crippen LogP contribution in [0.1, 0.15) is 78.6 Å². The summed E-state index contributed by atoms with van der Waals surface area (Å²) in [5.74, 6) is 1.28. The quantitative estimate of drug-likeness (QED) is 0.280. The summed E-state index contributed by atoms with van der Waals surface area (Å²) < 4.78 is 0. The van der Waals surface area contributed by atoms with Crippen molar-refractivity contribution in [1.29, 1.82) is 0 Å². The minimum Gasteiger partial charge on any atom is -0.388 e. The molecule has 0 atom stereocenters. The fourth-order valence-corrected chi connectivity index (χ4v) is 4.25. The SMILES string of the molecule is CCNC(=NCC1(O)CCCCC1)NC1CCN(C(=O)C(CC)CC)CC1.I. The lowest BCUT2D eigenvalue weighted by atomic mass is 9.85. The van der Waals surface area contributed by atoms with E-state index in [0.29, 0.717) is 18.5 Å². The van der Waals surface area contributed by atoms with E-state index in [9.17, 15) is 9.90 Å². The number of piperidine rings is 1. The molecule has 2 rings (SSSR count). The highest BCUT2D eigenvalue weighted by molar-refractivity contribution is 14.0. The number of guanidine groups is 1. The number of hydrogen-bond acceptors (Lipinski definition) is 3. The van der Waals surface area contributed by atoms with E-state index in [1.807, 2.05) is 4.90 Å². The molecule has 28 heavy (non-hydrogen) atoms. The second-order valence-corrected chi connectivity index (χ2v) is 8.24. The molecule has 1 amide bonds. The third-order valence-electron chi connectivity index (χ3n) is 6.14. The molecule has 1 saturated heterocycles. The van der Waals surface area contributed by atoms with Gasteiger partial charge in [0.25, 0.3) is 0 Å². The Hall–Kier alpha value is -0.570. The van der Waals surface area contributed by atoms with Gasteiger partial charge in [0.1, 0.15) is 0 Å². The van der Waals surface area contributed by atoms with E-state index in [4.69, 9.17) is 0 Å². The molecule has 0 radical (unpaired) electrons. The number of carbonyl (C=O) groups is 1. The molecule has 3 N–H and O–H groups in total. The molecule has 0 unspecified atom stereocenters. The number of likely N-dealkylation sites (tertiary alicyclic amines) is 1. The van der Waals surface area contributed by atoms with Crippen molar-refractivity contribution in [3.8, 4) is 0 Å². The summed E-state index contributed by atoms with van der Waals surface area (Å²) in [6.07, 6.45) is 8.86. The zero-order valence-electron chi connectivity index (χ0n) is 18.0. The molecule has 7 heteroatoms. The topological polar surface area (TPSA) is 77.0 Å². The van der Waals surface area contributed by atoms with E-state index in [2.05, 4.69) is 36.4 Å². The molecule has 2 aliphatic rings. The number of aliphatic imine (C=N–C) groups is 1. The smallest absolute Gasteiger partial charge is 0.225 e. The number of nitrogens with zero attached hydrogens (tertiary/aromatic N) is 2. The van der Waals surface area contributed by atoms with Crippen LogP contribution in [0.2, 0.25) is 0 Å². The minimum atomic E-state index is -0.633. The predicted octanol–water partition coefficient (Wildman–Crippen LogP) is 3.28. The Morgan fingerprint density at radius 3 is 2.29 bits per heavy atom. The van der Waals surface area contributed by atoms with Gasteiger partial charge < -0.3 is 20.6 Å². The molecule has 0 spiro atoms. The third-order valence-corrected chi connectivity index (χ3v) is 6.14. The summed E-state index contributed by atoms with van der Waals surface area (Å²) in [6, 6.07) is 0.328. The highest BCUT2D eigenvalue weighted by atomic mass is 127. The van der Waals surface area contributed by atoms with Crippen LogP contribution in [0.4, 0.5) is 0 Å². The third kappa shape index (κ3) is 7.69. The average Bonchev–Trinajstić information content (AvgIpc) is 2.68. The number of aliphatic hydroxyl groups is 1. The zero-order valence-corrected chi connectivity index (χ0v) is 20.3. The molecule has 1 saturated carbocycles. The van der Waals surface area contributed by atoms with Crippen LogP contribution in [0, 0.1) is 5.92 Å². The van der Waals surface area contributed by atoms with Crippen molar-refractivity contribution in [3.05, 3.63) is 0 Å². The summed E-state index contributed by atoms with van der Waals surface area (Å²) in [7, 11) is 0. The number of hydrogen-bond donors (Lipinski definition) is 3. The second-order valence-electron chi connectivity index (χ2n) is 8.24. The maximum atomic E-state index is 12.5. The van der Waals surface area contributed by atoms with Crippen molar-refractivity contribution in [3.63, 3.8) is 0 Å². The van der Waals surface area contributed by atoms with Gasteiger partial charge in [0, 0.05) is 31.6 Å². The van der Waals surface area contributed by atoms with Crippen LogP contribution in [0.5, 0.6) is 0 Å². The monoisotopic (exact) mass is 508 g/mol. The van der Waals surface area contributed by atoms with Gasteiger partial charge in [-0.2, -0.15) is 0 Å². The summed E-state index contributed by atoms with van der Waals surface area (Å²) in [5.41, 5.74) is -0.633. The molecule has 2 fully saturated rings. The van der Waals surface area contributed by atoms with Crippen LogP contribution < -0.4 is 10.6 Å². The maximum Gasteiger partial charge on any atom is 0.225 e. The fourth-order valence-electron chi connectivity index (χ4n) is 4.25. The van der Waals surface area contributed by atoms with Gasteiger partial charge in [-0.3, -0.25) is 9.79 Å². The zero-order chi connectivity index (χ0) is 19.7. The van der Waals surface area contributed by atoms with Gasteiger partial charge in [0.05, 0.1) is 12.1 Å². The van der Waals surface area contributed by atoms with E-state index in [1.54, 1.807) is 0 Å². The first-order chi connectivity index (χ1) is 13.0. The van der Waals surface area contributed by atoms with E-state index in [-0.39, 0.29) is 29.9 Å². The molecular weight excluding hydrogens is 467 g/mol. The molecule has 1 aliphatic carbocycles. The van der Waals surface area contributed by atoms with Crippen LogP contribution in [-0.4, -0.2) is 59.7 Å². The molecule has 1 aliphatic heterocycles. The van der Waals surface area contributed by atoms with E-state index < -0.39 is 5.60 Å². The Labute approximate surface area is 188 Å². The highest BCUT2D eigenvalue weighted by Gasteiger charge is 2.30. The Kier molecular flexibility index (Phi) is 11.7. The Morgan fingerprint density at radius 1 is 1.14 bits per heavy atom. The van der Waals surface area contributed by atoms with Crippen LogP contribution in [0.25, 0.3) is 0 Å². The van der Waals surface area contributed by atoms with Gasteiger partial charge in [-0.05, 0) is 45.4 Å². The molecular formula is C21H41IN4O2. The van der Waals surface area contributed by atoms with Gasteiger partial charge in [-0.15, -0.1) is 24.0 Å². The van der Waals surface area contributed by atoms with Crippen LogP contribution in [-0.2, 0) is 4.79 Å². The lowest BCUT2D eigenvalue weighted by molar-refractivity contribution is -0.136. The van der Waals surface area contributed by atoms with E-state index >= 15 is 0 Å². The molecule has 6 nitrogen and oxygen atoms in total. The number of halogens is 1. The van der Waals surface area contributed by atoms with Gasteiger partial charge in [0.2, 0.25) is 5.91 Å². The van der Waals surface area contributed by atoms with Crippen LogP contribution >= 0.6 is 24.0 Å². The van der Waals surface area contributed by atoms with Gasteiger partial charge in [0.15, 0.2) is 5.96 Å². The molecule has 164 valence electrons. The maximum absolute atomic E-state index is 12.5. The Bertz CT molecular complexity index is 483. The largest absolute Gasteiger partial charge is 0.388 e. The van der Waals surface area contributed by atoms with Crippen molar-refractivity contribution in [2.45, 2.75) is 90.2 Å². The van der Waals surface area contributed by atoms with Gasteiger partial charge >= 0.3 is 0 Å². The Balaban J connectivity index is 0.00000392. The lowest BCUT2D eigenvalue weighted by Gasteiger charge is -2.35. The minimum absolute atomic E-state index is 0. The number of rotatable bonds is 7. The predicted molar refractivity (Wildman–Crippen MR) is 126 cm³/mol. The molecule has 0 aromatic heterocycles. The molecule has 0 aromatic rings. The summed E-state index contributed by atoms with van der Waals surface area (Å²) in [5, 5.41) is 17.5. The lowest BCUT2D eigenvalue weighted by Crippen LogP contribution is -2.51. The van der Waals surface area contributed by atoms with E-state index in [0.717, 1.165) is 77.0 Å². The van der Waals surface area contributed by atoms with Crippen molar-refractivity contribution in [2.75, 3.05) is 26.2 Å². The molecule has 0 aromatic carbocycles. The second kappa shape index (κ2) is 12.9. The van der Waals surface area contributed by atoms with Crippen molar-refractivity contribution in [2.24, 2.45) is 10.9 Å². The standard InChI is InChI=1S/C21H40N4O2.HI/c1-4-17(5-2)19(26)25-14-10-18(11-15-25)24-20(22-6-3)23-16-21(27)12-8-7-9-13-21;/h17-18,27H,4-16H2,1-3H3,(H2,22,23,24);1H. The normalized spacial score (nSPS) is 20.6. The number of carbonyl (C=O) groups excluding carboxylic acids is 1. The molecule has 1 heterocycles. The van der Waals surface area contributed by atoms with Crippen molar-refractivity contribution >= 4 is 35.8 Å². The van der Waals surface area contributed by atoms with Crippen LogP contribution in [0.3, 0.4) is 0 Å². The summed E-state index contributed by atoms with van der Waals surface area (Å²) in [6.45, 7) is 9.15. The van der Waals surface area contributed by atoms with Crippen molar-refractivity contribution < 1.29 is 9.90 Å². The highest BCUT2D eigenvalue weighted by Crippen LogP contribution is 2.28. The molecule has 0 bridgehead atoms. The van der Waals surface area contributed by atoms with Crippen LogP contribution in [0.15, 0.2) is 4.99 Å². The van der Waals surface area contributed by atoms with E-state index in [1.165, 1.54) is 6.42 Å². The average molecular weight is 508 g/mol. The van der Waals surface area contributed by atoms with Crippen molar-refractivity contribution in [1.82, 2.24) is 15.5 Å². The fraction of sp³-hybridized carbons (Fsp3) is 0.905. The first-order valence-corrected chi connectivity index (χ1v) is 11.1.